The summed E-state index contributed by atoms with van der Waals surface area (Å²) in [6.45, 7) is 5.38. The smallest absolute Gasteiger partial charge is 0.122 e. The van der Waals surface area contributed by atoms with Gasteiger partial charge in [0.05, 0.1) is 7.11 Å². The third kappa shape index (κ3) is 2.22. The Hall–Kier alpha value is -1.02. The first kappa shape index (κ1) is 11.5. The zero-order valence-corrected chi connectivity index (χ0v) is 10.4. The molecule has 1 aromatic carbocycles. The van der Waals surface area contributed by atoms with E-state index >= 15 is 0 Å². The van der Waals surface area contributed by atoms with Gasteiger partial charge in [0, 0.05) is 6.04 Å². The molecule has 1 N–H and O–H groups in total. The third-order valence-electron chi connectivity index (χ3n) is 3.46. The van der Waals surface area contributed by atoms with Crippen molar-refractivity contribution in [3.8, 4) is 5.75 Å². The number of methoxy groups -OCH3 is 1. The average Bonchev–Trinajstić information content (AvgIpc) is 2.23. The largest absolute Gasteiger partial charge is 0.496 e. The first-order valence-electron chi connectivity index (χ1n) is 6.12. The Morgan fingerprint density at radius 3 is 2.75 bits per heavy atom. The van der Waals surface area contributed by atoms with Gasteiger partial charge in [-0.3, -0.25) is 0 Å². The fourth-order valence-corrected chi connectivity index (χ4v) is 2.50. The van der Waals surface area contributed by atoms with Crippen molar-refractivity contribution in [2.24, 2.45) is 0 Å². The Bertz CT molecular complexity index is 356. The molecule has 0 spiro atoms. The van der Waals surface area contributed by atoms with Gasteiger partial charge < -0.3 is 10.1 Å². The van der Waals surface area contributed by atoms with Crippen molar-refractivity contribution in [2.45, 2.75) is 38.6 Å². The van der Waals surface area contributed by atoms with E-state index in [0.717, 1.165) is 12.3 Å². The second-order valence-electron chi connectivity index (χ2n) is 4.67. The summed E-state index contributed by atoms with van der Waals surface area (Å²) in [6.07, 6.45) is 2.49. The van der Waals surface area contributed by atoms with Gasteiger partial charge in [0.2, 0.25) is 0 Å². The van der Waals surface area contributed by atoms with Crippen molar-refractivity contribution >= 4 is 0 Å². The molecule has 88 valence electrons. The molecule has 0 heterocycles. The predicted octanol–water partition coefficient (Wildman–Crippen LogP) is 2.86. The second kappa shape index (κ2) is 4.88. The van der Waals surface area contributed by atoms with E-state index in [2.05, 4.69) is 37.4 Å². The normalized spacial score (nSPS) is 23.9. The molecule has 1 fully saturated rings. The molecule has 1 aliphatic carbocycles. The van der Waals surface area contributed by atoms with Crippen molar-refractivity contribution in [1.82, 2.24) is 5.32 Å². The molecule has 0 atom stereocenters. The van der Waals surface area contributed by atoms with Crippen LogP contribution in [0.2, 0.25) is 0 Å². The zero-order valence-electron chi connectivity index (χ0n) is 10.4. The molecule has 0 amide bonds. The summed E-state index contributed by atoms with van der Waals surface area (Å²) in [6, 6.07) is 7.18. The van der Waals surface area contributed by atoms with Gasteiger partial charge in [-0.05, 0) is 43.9 Å². The highest BCUT2D eigenvalue weighted by Crippen LogP contribution is 2.41. The molecule has 1 aromatic rings. The summed E-state index contributed by atoms with van der Waals surface area (Å²) < 4.78 is 5.43. The van der Waals surface area contributed by atoms with E-state index < -0.39 is 0 Å². The topological polar surface area (TPSA) is 21.3 Å². The molecular weight excluding hydrogens is 198 g/mol. The molecule has 0 aromatic heterocycles. The maximum Gasteiger partial charge on any atom is 0.122 e. The van der Waals surface area contributed by atoms with Crippen LogP contribution in [0.1, 0.15) is 36.8 Å². The summed E-state index contributed by atoms with van der Waals surface area (Å²) in [5.41, 5.74) is 2.71. The molecule has 2 heteroatoms. The summed E-state index contributed by atoms with van der Waals surface area (Å²) in [4.78, 5) is 0. The first-order chi connectivity index (χ1) is 7.74. The molecule has 1 saturated carbocycles. The van der Waals surface area contributed by atoms with Gasteiger partial charge in [0.15, 0.2) is 0 Å². The number of hydrogen-bond acceptors (Lipinski definition) is 2. The average molecular weight is 219 g/mol. The third-order valence-corrected chi connectivity index (χ3v) is 3.46. The first-order valence-corrected chi connectivity index (χ1v) is 6.12. The van der Waals surface area contributed by atoms with Crippen molar-refractivity contribution < 1.29 is 4.74 Å². The van der Waals surface area contributed by atoms with Crippen molar-refractivity contribution in [3.63, 3.8) is 0 Å². The van der Waals surface area contributed by atoms with Gasteiger partial charge in [-0.25, -0.2) is 0 Å². The van der Waals surface area contributed by atoms with Crippen molar-refractivity contribution in [3.05, 3.63) is 29.3 Å². The molecule has 1 aliphatic rings. The number of rotatable bonds is 4. The highest BCUT2D eigenvalue weighted by Gasteiger charge is 2.31. The molecule has 0 unspecified atom stereocenters. The van der Waals surface area contributed by atoms with Crippen LogP contribution in [0, 0.1) is 6.92 Å². The highest BCUT2D eigenvalue weighted by molar-refractivity contribution is 5.40. The van der Waals surface area contributed by atoms with Gasteiger partial charge in [-0.1, -0.05) is 24.6 Å². The Kier molecular flexibility index (Phi) is 3.49. The Morgan fingerprint density at radius 1 is 1.38 bits per heavy atom. The van der Waals surface area contributed by atoms with E-state index in [4.69, 9.17) is 4.74 Å². The Labute approximate surface area is 98.0 Å². The van der Waals surface area contributed by atoms with Crippen molar-refractivity contribution in [1.29, 1.82) is 0 Å². The molecule has 0 radical (unpaired) electrons. The van der Waals surface area contributed by atoms with E-state index in [-0.39, 0.29) is 0 Å². The van der Waals surface area contributed by atoms with Gasteiger partial charge in [-0.15, -0.1) is 0 Å². The van der Waals surface area contributed by atoms with Crippen LogP contribution >= 0.6 is 0 Å². The molecule has 16 heavy (non-hydrogen) atoms. The molecule has 0 bridgehead atoms. The van der Waals surface area contributed by atoms with E-state index in [0.29, 0.717) is 12.0 Å². The van der Waals surface area contributed by atoms with Crippen LogP contribution < -0.4 is 10.1 Å². The van der Waals surface area contributed by atoms with Crippen LogP contribution in [0.25, 0.3) is 0 Å². The van der Waals surface area contributed by atoms with Gasteiger partial charge in [0.1, 0.15) is 5.75 Å². The van der Waals surface area contributed by atoms with Gasteiger partial charge in [-0.2, -0.15) is 0 Å². The van der Waals surface area contributed by atoms with E-state index in [9.17, 15) is 0 Å². The molecule has 2 nitrogen and oxygen atoms in total. The Morgan fingerprint density at radius 2 is 2.12 bits per heavy atom. The number of aryl methyl sites for hydroxylation is 1. The fourth-order valence-electron chi connectivity index (χ4n) is 2.50. The Balaban J connectivity index is 2.07. The summed E-state index contributed by atoms with van der Waals surface area (Å²) in [5, 5.41) is 3.49. The van der Waals surface area contributed by atoms with Crippen LogP contribution in [0.3, 0.4) is 0 Å². The lowest BCUT2D eigenvalue weighted by Crippen LogP contribution is -2.39. The minimum Gasteiger partial charge on any atom is -0.496 e. The van der Waals surface area contributed by atoms with E-state index in [1.165, 1.54) is 24.0 Å². The maximum atomic E-state index is 5.43. The lowest BCUT2D eigenvalue weighted by atomic mass is 9.75. The maximum absolute atomic E-state index is 5.43. The van der Waals surface area contributed by atoms with Crippen LogP contribution in [-0.2, 0) is 0 Å². The van der Waals surface area contributed by atoms with Gasteiger partial charge >= 0.3 is 0 Å². The highest BCUT2D eigenvalue weighted by atomic mass is 16.5. The fraction of sp³-hybridized carbons (Fsp3) is 0.571. The minimum absolute atomic E-state index is 0.680. The lowest BCUT2D eigenvalue weighted by Gasteiger charge is -2.37. The molecule has 0 saturated heterocycles. The number of nitrogens with one attached hydrogen (secondary N) is 1. The van der Waals surface area contributed by atoms with Crippen LogP contribution in [0.5, 0.6) is 5.75 Å². The van der Waals surface area contributed by atoms with Gasteiger partial charge in [0.25, 0.3) is 0 Å². The second-order valence-corrected chi connectivity index (χ2v) is 4.67. The summed E-state index contributed by atoms with van der Waals surface area (Å²) in [5.74, 6) is 1.73. The van der Waals surface area contributed by atoms with Crippen molar-refractivity contribution in [2.75, 3.05) is 13.7 Å². The number of ether oxygens (including phenoxy) is 1. The number of benzene rings is 1. The quantitative estimate of drug-likeness (QED) is 0.840. The summed E-state index contributed by atoms with van der Waals surface area (Å²) in [7, 11) is 1.76. The lowest BCUT2D eigenvalue weighted by molar-refractivity contribution is 0.287. The predicted molar refractivity (Wildman–Crippen MR) is 67.2 cm³/mol. The van der Waals surface area contributed by atoms with Crippen LogP contribution in [0.4, 0.5) is 0 Å². The van der Waals surface area contributed by atoms with Crippen LogP contribution in [0.15, 0.2) is 18.2 Å². The zero-order chi connectivity index (χ0) is 11.5. The molecule has 2 rings (SSSR count). The van der Waals surface area contributed by atoms with E-state index in [1.807, 2.05) is 0 Å². The SMILES string of the molecule is CCNC1CC(c2cc(C)ccc2OC)C1. The van der Waals surface area contributed by atoms with Crippen LogP contribution in [-0.4, -0.2) is 19.7 Å². The number of hydrogen-bond donors (Lipinski definition) is 1. The molecule has 0 aliphatic heterocycles. The minimum atomic E-state index is 0.680. The summed E-state index contributed by atoms with van der Waals surface area (Å²) >= 11 is 0. The van der Waals surface area contributed by atoms with E-state index in [1.54, 1.807) is 7.11 Å². The monoisotopic (exact) mass is 219 g/mol. The standard InChI is InChI=1S/C14H21NO/c1-4-15-12-8-11(9-12)13-7-10(2)5-6-14(13)16-3/h5-7,11-12,15H,4,8-9H2,1-3H3. The molecular formula is C14H21NO.